The molecule has 0 radical (unpaired) electrons. The summed E-state index contributed by atoms with van der Waals surface area (Å²) in [6.07, 6.45) is 8.14. The van der Waals surface area contributed by atoms with Gasteiger partial charge in [-0.05, 0) is 29.7 Å². The summed E-state index contributed by atoms with van der Waals surface area (Å²) in [5.74, 6) is -0.207. The Hall–Kier alpha value is -4.06. The lowest BCUT2D eigenvalue weighted by atomic mass is 9.99. The van der Waals surface area contributed by atoms with Crippen molar-refractivity contribution in [1.29, 1.82) is 0 Å². The summed E-state index contributed by atoms with van der Waals surface area (Å²) >= 11 is 0. The first kappa shape index (κ1) is 20.2. The van der Waals surface area contributed by atoms with Crippen molar-refractivity contribution in [1.82, 2.24) is 15.0 Å². The van der Waals surface area contributed by atoms with Gasteiger partial charge >= 0.3 is 0 Å². The van der Waals surface area contributed by atoms with Crippen molar-refractivity contribution in [3.8, 4) is 11.1 Å². The largest absolute Gasteiger partial charge is 0.366 e. The number of benzene rings is 1. The van der Waals surface area contributed by atoms with Gasteiger partial charge in [-0.15, -0.1) is 0 Å². The Bertz CT molecular complexity index is 1280. The number of hydrogen-bond donors (Lipinski definition) is 2. The van der Waals surface area contributed by atoms with E-state index in [1.54, 1.807) is 30.7 Å². The third kappa shape index (κ3) is 4.28. The van der Waals surface area contributed by atoms with Gasteiger partial charge in [0, 0.05) is 52.3 Å². The molecule has 31 heavy (non-hydrogen) atoms. The van der Waals surface area contributed by atoms with Crippen LogP contribution in [0.25, 0.3) is 28.2 Å². The van der Waals surface area contributed by atoms with Crippen LogP contribution in [0.4, 0.5) is 0 Å². The third-order valence-electron chi connectivity index (χ3n) is 5.16. The fourth-order valence-electron chi connectivity index (χ4n) is 3.36. The molecule has 1 aromatic carbocycles. The Balaban J connectivity index is 1.60. The summed E-state index contributed by atoms with van der Waals surface area (Å²) in [6.45, 7) is 4.24. The smallest absolute Gasteiger partial charge is 0.241 e. The van der Waals surface area contributed by atoms with Crippen LogP contribution in [-0.2, 0) is 4.79 Å². The molecule has 4 rings (SSSR count). The number of fused-ring (bicyclic) bond motifs is 1. The Labute approximate surface area is 179 Å². The molecule has 0 atom stereocenters. The van der Waals surface area contributed by atoms with E-state index in [4.69, 9.17) is 5.73 Å². The number of amides is 1. The van der Waals surface area contributed by atoms with Crippen LogP contribution < -0.4 is 5.73 Å². The molecule has 0 unspecified atom stereocenters. The molecule has 3 heterocycles. The summed E-state index contributed by atoms with van der Waals surface area (Å²) in [4.78, 5) is 35.7. The minimum atomic E-state index is -0.512. The lowest BCUT2D eigenvalue weighted by Gasteiger charge is -2.07. The number of hydrogen-bond acceptors (Lipinski definition) is 4. The standard InChI is InChI=1S/C25H22N4O2/c1-15(2)16-3-5-17(6-4-16)24(31)22-9-7-18(12-27-22)20-11-21-19(8-10-23(26)30)13-28-25(21)29-14-20/h3-15H,1-2H3,(H2,26,30)(H,28,29). The predicted octanol–water partition coefficient (Wildman–Crippen LogP) is 4.48. The van der Waals surface area contributed by atoms with E-state index in [9.17, 15) is 9.59 Å². The number of nitrogens with two attached hydrogens (primary N) is 1. The highest BCUT2D eigenvalue weighted by atomic mass is 16.1. The summed E-state index contributed by atoms with van der Waals surface area (Å²) in [5, 5.41) is 0.861. The number of H-pyrrole nitrogens is 1. The Morgan fingerprint density at radius 1 is 1.00 bits per heavy atom. The minimum Gasteiger partial charge on any atom is -0.366 e. The highest BCUT2D eigenvalue weighted by Gasteiger charge is 2.12. The number of aromatic nitrogens is 3. The number of rotatable bonds is 6. The van der Waals surface area contributed by atoms with E-state index in [0.29, 0.717) is 22.8 Å². The fourth-order valence-corrected chi connectivity index (χ4v) is 3.36. The maximum atomic E-state index is 12.8. The first-order valence-electron chi connectivity index (χ1n) is 9.98. The van der Waals surface area contributed by atoms with Gasteiger partial charge in [0.25, 0.3) is 0 Å². The molecule has 3 N–H and O–H groups in total. The van der Waals surface area contributed by atoms with E-state index in [2.05, 4.69) is 28.8 Å². The quantitative estimate of drug-likeness (QED) is 0.361. The second kappa shape index (κ2) is 8.36. The second-order valence-corrected chi connectivity index (χ2v) is 7.64. The summed E-state index contributed by atoms with van der Waals surface area (Å²) < 4.78 is 0. The van der Waals surface area contributed by atoms with E-state index in [1.807, 2.05) is 36.4 Å². The number of ketones is 1. The average Bonchev–Trinajstić information content (AvgIpc) is 3.19. The number of carbonyl (C=O) groups is 2. The average molecular weight is 410 g/mol. The molecule has 0 aliphatic rings. The summed E-state index contributed by atoms with van der Waals surface area (Å²) in [7, 11) is 0. The fraction of sp³-hybridized carbons (Fsp3) is 0.120. The van der Waals surface area contributed by atoms with Crippen LogP contribution in [0.3, 0.4) is 0 Å². The van der Waals surface area contributed by atoms with E-state index in [1.165, 1.54) is 11.6 Å². The zero-order valence-corrected chi connectivity index (χ0v) is 17.3. The van der Waals surface area contributed by atoms with Crippen molar-refractivity contribution in [2.45, 2.75) is 19.8 Å². The van der Waals surface area contributed by atoms with Crippen molar-refractivity contribution < 1.29 is 9.59 Å². The molecule has 0 fully saturated rings. The zero-order valence-electron chi connectivity index (χ0n) is 17.3. The molecule has 3 aromatic heterocycles. The van der Waals surface area contributed by atoms with Gasteiger partial charge in [0.05, 0.1) is 0 Å². The summed E-state index contributed by atoms with van der Waals surface area (Å²) in [6, 6.07) is 13.2. The van der Waals surface area contributed by atoms with Crippen molar-refractivity contribution in [2.75, 3.05) is 0 Å². The van der Waals surface area contributed by atoms with Gasteiger partial charge in [-0.3, -0.25) is 14.6 Å². The third-order valence-corrected chi connectivity index (χ3v) is 5.16. The van der Waals surface area contributed by atoms with Crippen LogP contribution in [-0.4, -0.2) is 26.6 Å². The molecule has 0 bridgehead atoms. The van der Waals surface area contributed by atoms with Crippen LogP contribution in [0, 0.1) is 0 Å². The van der Waals surface area contributed by atoms with E-state index in [0.717, 1.165) is 22.1 Å². The Morgan fingerprint density at radius 2 is 1.74 bits per heavy atom. The Morgan fingerprint density at radius 3 is 2.39 bits per heavy atom. The van der Waals surface area contributed by atoms with E-state index < -0.39 is 5.91 Å². The number of aromatic amines is 1. The van der Waals surface area contributed by atoms with Crippen molar-refractivity contribution in [3.63, 3.8) is 0 Å². The summed E-state index contributed by atoms with van der Waals surface area (Å²) in [5.41, 5.74) is 10.6. The molecule has 0 aliphatic heterocycles. The second-order valence-electron chi connectivity index (χ2n) is 7.64. The van der Waals surface area contributed by atoms with Crippen LogP contribution in [0.2, 0.25) is 0 Å². The van der Waals surface area contributed by atoms with Crippen LogP contribution >= 0.6 is 0 Å². The molecular weight excluding hydrogens is 388 g/mol. The maximum absolute atomic E-state index is 12.8. The van der Waals surface area contributed by atoms with E-state index >= 15 is 0 Å². The van der Waals surface area contributed by atoms with Crippen molar-refractivity contribution in [3.05, 3.63) is 89.5 Å². The van der Waals surface area contributed by atoms with Gasteiger partial charge in [0.1, 0.15) is 11.3 Å². The SMILES string of the molecule is CC(C)c1ccc(C(=O)c2ccc(-c3cnc4[nH]cc(C=CC(N)=O)c4c3)cn2)cc1. The van der Waals surface area contributed by atoms with Crippen LogP contribution in [0.1, 0.15) is 46.9 Å². The first-order valence-corrected chi connectivity index (χ1v) is 9.98. The molecule has 0 aliphatic carbocycles. The number of pyridine rings is 2. The van der Waals surface area contributed by atoms with Gasteiger partial charge in [-0.25, -0.2) is 4.98 Å². The van der Waals surface area contributed by atoms with Gasteiger partial charge in [-0.1, -0.05) is 44.2 Å². The lowest BCUT2D eigenvalue weighted by Crippen LogP contribution is -2.04. The number of nitrogens with one attached hydrogen (secondary N) is 1. The number of nitrogens with zero attached hydrogens (tertiary/aromatic N) is 2. The molecule has 1 amide bonds. The number of carbonyl (C=O) groups excluding carboxylic acids is 2. The van der Waals surface area contributed by atoms with Gasteiger partial charge in [0.2, 0.25) is 11.7 Å². The monoisotopic (exact) mass is 410 g/mol. The number of primary amides is 1. The van der Waals surface area contributed by atoms with E-state index in [-0.39, 0.29) is 5.78 Å². The van der Waals surface area contributed by atoms with Gasteiger partial charge in [-0.2, -0.15) is 0 Å². The minimum absolute atomic E-state index is 0.111. The molecule has 0 spiro atoms. The van der Waals surface area contributed by atoms with Gasteiger partial charge < -0.3 is 10.7 Å². The van der Waals surface area contributed by atoms with Gasteiger partial charge in [0.15, 0.2) is 0 Å². The van der Waals surface area contributed by atoms with Crippen molar-refractivity contribution >= 4 is 28.8 Å². The molecule has 6 nitrogen and oxygen atoms in total. The molecule has 0 saturated carbocycles. The maximum Gasteiger partial charge on any atom is 0.241 e. The molecule has 0 saturated heterocycles. The first-order chi connectivity index (χ1) is 14.9. The van der Waals surface area contributed by atoms with Crippen molar-refractivity contribution in [2.24, 2.45) is 5.73 Å². The Kier molecular flexibility index (Phi) is 5.45. The molecule has 154 valence electrons. The molecular formula is C25H22N4O2. The highest BCUT2D eigenvalue weighted by molar-refractivity contribution is 6.07. The normalized spacial score (nSPS) is 11.5. The highest BCUT2D eigenvalue weighted by Crippen LogP contribution is 2.25. The van der Waals surface area contributed by atoms with Crippen LogP contribution in [0.5, 0.6) is 0 Å². The predicted molar refractivity (Wildman–Crippen MR) is 122 cm³/mol. The van der Waals surface area contributed by atoms with Crippen LogP contribution in [0.15, 0.2) is 67.1 Å². The zero-order chi connectivity index (χ0) is 22.0. The topological polar surface area (TPSA) is 102 Å². The lowest BCUT2D eigenvalue weighted by molar-refractivity contribution is -0.113. The molecule has 6 heteroatoms. The molecule has 4 aromatic rings.